The lowest BCUT2D eigenvalue weighted by molar-refractivity contribution is -0.286. The van der Waals surface area contributed by atoms with E-state index in [9.17, 15) is 8.78 Å². The summed E-state index contributed by atoms with van der Waals surface area (Å²) in [6.07, 6.45) is -3.60. The molecule has 1 aliphatic rings. The molecule has 1 N–H and O–H groups in total. The first-order chi connectivity index (χ1) is 8.52. The minimum Gasteiger partial charge on any atom is -0.395 e. The Bertz CT molecular complexity index is 603. The van der Waals surface area contributed by atoms with Crippen molar-refractivity contribution in [2.45, 2.75) is 13.2 Å². The Labute approximate surface area is 105 Å². The molecule has 1 aromatic carbocycles. The third-order valence-electron chi connectivity index (χ3n) is 2.18. The third kappa shape index (κ3) is 2.06. The minimum atomic E-state index is -3.60. The molecule has 0 fully saturated rings. The van der Waals surface area contributed by atoms with Crippen molar-refractivity contribution in [3.63, 3.8) is 0 Å². The third-order valence-corrected chi connectivity index (χ3v) is 2.90. The van der Waals surface area contributed by atoms with Crippen LogP contribution in [-0.2, 0) is 0 Å². The van der Waals surface area contributed by atoms with Crippen molar-refractivity contribution >= 4 is 22.4 Å². The van der Waals surface area contributed by atoms with Gasteiger partial charge in [-0.1, -0.05) is 0 Å². The quantitative estimate of drug-likeness (QED) is 0.910. The number of nitrogens with zero attached hydrogens (tertiary/aromatic N) is 2. The number of alkyl halides is 2. The van der Waals surface area contributed by atoms with Crippen LogP contribution in [0.1, 0.15) is 5.82 Å². The summed E-state index contributed by atoms with van der Waals surface area (Å²) in [5.74, 6) is 0.653. The number of nitrogens with one attached hydrogen (secondary N) is 1. The maximum absolute atomic E-state index is 12.8. The molecule has 0 spiro atoms. The molecule has 2 aromatic rings. The summed E-state index contributed by atoms with van der Waals surface area (Å²) < 4.78 is 38.3. The second kappa shape index (κ2) is 3.77. The summed E-state index contributed by atoms with van der Waals surface area (Å²) in [4.78, 5) is 4.10. The summed E-state index contributed by atoms with van der Waals surface area (Å²) in [5.41, 5.74) is 0.575. The number of aromatic nitrogens is 2. The first-order valence-corrected chi connectivity index (χ1v) is 5.76. The summed E-state index contributed by atoms with van der Waals surface area (Å²) in [6.45, 7) is 1.77. The van der Waals surface area contributed by atoms with Gasteiger partial charge in [0.2, 0.25) is 5.13 Å². The maximum Gasteiger partial charge on any atom is 0.586 e. The van der Waals surface area contributed by atoms with Crippen molar-refractivity contribution in [3.8, 4) is 11.5 Å². The Morgan fingerprint density at radius 3 is 2.78 bits per heavy atom. The van der Waals surface area contributed by atoms with Gasteiger partial charge >= 0.3 is 6.29 Å². The standard InChI is InChI=1S/C10H7F2N3O2S/c1-5-13-9(18-15-5)14-6-2-3-7-8(4-6)17-10(11,12)16-7/h2-4H,1H3,(H,13,14,15). The van der Waals surface area contributed by atoms with Gasteiger partial charge in [0.05, 0.1) is 0 Å². The highest BCUT2D eigenvalue weighted by Gasteiger charge is 2.43. The largest absolute Gasteiger partial charge is 0.586 e. The Kier molecular flexibility index (Phi) is 2.34. The first-order valence-electron chi connectivity index (χ1n) is 4.99. The average molecular weight is 271 g/mol. The molecule has 94 valence electrons. The van der Waals surface area contributed by atoms with Crippen LogP contribution in [0.4, 0.5) is 19.6 Å². The Morgan fingerprint density at radius 2 is 2.06 bits per heavy atom. The van der Waals surface area contributed by atoms with Crippen LogP contribution < -0.4 is 14.8 Å². The van der Waals surface area contributed by atoms with Gasteiger partial charge in [-0.25, -0.2) is 4.98 Å². The molecule has 18 heavy (non-hydrogen) atoms. The highest BCUT2D eigenvalue weighted by atomic mass is 32.1. The maximum atomic E-state index is 12.8. The zero-order chi connectivity index (χ0) is 12.8. The lowest BCUT2D eigenvalue weighted by atomic mass is 10.3. The van der Waals surface area contributed by atoms with Crippen LogP contribution in [0.3, 0.4) is 0 Å². The normalized spacial score (nSPS) is 15.7. The number of anilines is 2. The highest BCUT2D eigenvalue weighted by molar-refractivity contribution is 7.09. The van der Waals surface area contributed by atoms with E-state index in [1.54, 1.807) is 13.0 Å². The predicted octanol–water partition coefficient (Wildman–Crippen LogP) is 2.91. The van der Waals surface area contributed by atoms with Crippen LogP contribution in [0.2, 0.25) is 0 Å². The SMILES string of the molecule is Cc1nsc(Nc2ccc3c(c2)OC(F)(F)O3)n1. The van der Waals surface area contributed by atoms with Crippen LogP contribution in [0.15, 0.2) is 18.2 Å². The van der Waals surface area contributed by atoms with Gasteiger partial charge in [0.15, 0.2) is 11.5 Å². The molecule has 1 aliphatic heterocycles. The lowest BCUT2D eigenvalue weighted by Gasteiger charge is -2.04. The van der Waals surface area contributed by atoms with Gasteiger partial charge in [0, 0.05) is 23.3 Å². The van der Waals surface area contributed by atoms with Crippen molar-refractivity contribution in [1.29, 1.82) is 0 Å². The fourth-order valence-electron chi connectivity index (χ4n) is 1.50. The minimum absolute atomic E-state index is 0.00811. The van der Waals surface area contributed by atoms with E-state index in [4.69, 9.17) is 0 Å². The molecule has 8 heteroatoms. The number of halogens is 2. The number of hydrogen-bond acceptors (Lipinski definition) is 6. The first kappa shape index (κ1) is 11.1. The monoisotopic (exact) mass is 271 g/mol. The molecule has 0 amide bonds. The molecule has 0 bridgehead atoms. The van der Waals surface area contributed by atoms with Gasteiger partial charge < -0.3 is 14.8 Å². The van der Waals surface area contributed by atoms with E-state index in [-0.39, 0.29) is 11.5 Å². The molecule has 2 heterocycles. The number of ether oxygens (including phenoxy) is 2. The fraction of sp³-hybridized carbons (Fsp3) is 0.200. The summed E-state index contributed by atoms with van der Waals surface area (Å²) in [5, 5.41) is 3.53. The molecule has 5 nitrogen and oxygen atoms in total. The van der Waals surface area contributed by atoms with Gasteiger partial charge in [0.25, 0.3) is 0 Å². The van der Waals surface area contributed by atoms with Crippen molar-refractivity contribution in [1.82, 2.24) is 9.36 Å². The average Bonchev–Trinajstić information content (AvgIpc) is 2.80. The van der Waals surface area contributed by atoms with Gasteiger partial charge in [-0.05, 0) is 19.1 Å². The molecular weight excluding hydrogens is 264 g/mol. The van der Waals surface area contributed by atoms with E-state index in [0.717, 1.165) is 0 Å². The number of hydrogen-bond donors (Lipinski definition) is 1. The Balaban J connectivity index is 1.84. The van der Waals surface area contributed by atoms with Crippen LogP contribution >= 0.6 is 11.5 Å². The van der Waals surface area contributed by atoms with Crippen molar-refractivity contribution < 1.29 is 18.3 Å². The number of fused-ring (bicyclic) bond motifs is 1. The van der Waals surface area contributed by atoms with E-state index in [2.05, 4.69) is 24.1 Å². The smallest absolute Gasteiger partial charge is 0.395 e. The number of aryl methyl sites for hydroxylation is 1. The van der Waals surface area contributed by atoms with Crippen LogP contribution in [0, 0.1) is 6.92 Å². The highest BCUT2D eigenvalue weighted by Crippen LogP contribution is 2.42. The number of rotatable bonds is 2. The molecule has 3 rings (SSSR count). The van der Waals surface area contributed by atoms with Gasteiger partial charge in [0.1, 0.15) is 5.82 Å². The zero-order valence-electron chi connectivity index (χ0n) is 9.11. The van der Waals surface area contributed by atoms with Gasteiger partial charge in [-0.2, -0.15) is 4.37 Å². The zero-order valence-corrected chi connectivity index (χ0v) is 9.92. The van der Waals surface area contributed by atoms with Crippen LogP contribution in [-0.4, -0.2) is 15.7 Å². The van der Waals surface area contributed by atoms with E-state index in [0.29, 0.717) is 16.6 Å². The molecule has 0 saturated heterocycles. The summed E-state index contributed by atoms with van der Waals surface area (Å²) in [7, 11) is 0. The Hall–Kier alpha value is -1.96. The summed E-state index contributed by atoms with van der Waals surface area (Å²) >= 11 is 1.19. The van der Waals surface area contributed by atoms with Crippen LogP contribution in [0.25, 0.3) is 0 Å². The summed E-state index contributed by atoms with van der Waals surface area (Å²) in [6, 6.07) is 4.43. The van der Waals surface area contributed by atoms with Crippen molar-refractivity contribution in [2.24, 2.45) is 0 Å². The van der Waals surface area contributed by atoms with Crippen LogP contribution in [0.5, 0.6) is 11.5 Å². The topological polar surface area (TPSA) is 56.3 Å². The molecule has 0 saturated carbocycles. The van der Waals surface area contributed by atoms with Gasteiger partial charge in [-0.15, -0.1) is 8.78 Å². The molecule has 0 radical (unpaired) electrons. The fourth-order valence-corrected chi connectivity index (χ4v) is 2.09. The van der Waals surface area contributed by atoms with E-state index < -0.39 is 6.29 Å². The van der Waals surface area contributed by atoms with Crippen molar-refractivity contribution in [2.75, 3.05) is 5.32 Å². The van der Waals surface area contributed by atoms with Crippen molar-refractivity contribution in [3.05, 3.63) is 24.0 Å². The Morgan fingerprint density at radius 1 is 1.28 bits per heavy atom. The molecule has 0 unspecified atom stereocenters. The van der Waals surface area contributed by atoms with E-state index >= 15 is 0 Å². The van der Waals surface area contributed by atoms with E-state index in [1.807, 2.05) is 0 Å². The van der Waals surface area contributed by atoms with E-state index in [1.165, 1.54) is 23.7 Å². The lowest BCUT2D eigenvalue weighted by Crippen LogP contribution is -2.25. The molecule has 0 aliphatic carbocycles. The number of benzene rings is 1. The second-order valence-corrected chi connectivity index (χ2v) is 4.35. The molecule has 1 aromatic heterocycles. The second-order valence-electron chi connectivity index (χ2n) is 3.60. The predicted molar refractivity (Wildman–Crippen MR) is 60.6 cm³/mol. The molecular formula is C10H7F2N3O2S. The molecule has 0 atom stereocenters. The van der Waals surface area contributed by atoms with Gasteiger partial charge in [-0.3, -0.25) is 0 Å².